The molecule has 0 bridgehead atoms. The van der Waals surface area contributed by atoms with E-state index in [1.54, 1.807) is 0 Å². The van der Waals surface area contributed by atoms with Crippen LogP contribution < -0.4 is 0 Å². The molecule has 0 saturated heterocycles. The van der Waals surface area contributed by atoms with E-state index in [9.17, 15) is 0 Å². The van der Waals surface area contributed by atoms with Crippen LogP contribution >= 0.6 is 0 Å². The van der Waals surface area contributed by atoms with Gasteiger partial charge in [-0.05, 0) is 31.1 Å². The summed E-state index contributed by atoms with van der Waals surface area (Å²) in [5.41, 5.74) is 0.203. The first-order valence-corrected chi connectivity index (χ1v) is 6.04. The van der Waals surface area contributed by atoms with E-state index in [1.165, 1.54) is 0 Å². The molecule has 0 radical (unpaired) electrons. The van der Waals surface area contributed by atoms with E-state index < -0.39 is 0 Å². The molecule has 0 fully saturated rings. The summed E-state index contributed by atoms with van der Waals surface area (Å²) >= 11 is 0. The highest BCUT2D eigenvalue weighted by molar-refractivity contribution is 4.79. The maximum absolute atomic E-state index is 5.60. The van der Waals surface area contributed by atoms with Crippen LogP contribution in [0.3, 0.4) is 0 Å². The summed E-state index contributed by atoms with van der Waals surface area (Å²) < 4.78 is 11.0. The first-order chi connectivity index (χ1) is 6.94. The highest BCUT2D eigenvalue weighted by Crippen LogP contribution is 2.31. The van der Waals surface area contributed by atoms with Gasteiger partial charge in [0.1, 0.15) is 0 Å². The molecule has 1 atom stereocenters. The maximum atomic E-state index is 5.60. The third-order valence-corrected chi connectivity index (χ3v) is 2.94. The molecule has 2 nitrogen and oxygen atoms in total. The van der Waals surface area contributed by atoms with E-state index in [1.807, 2.05) is 14.0 Å². The predicted octanol–water partition coefficient (Wildman–Crippen LogP) is 3.50. The van der Waals surface area contributed by atoms with Gasteiger partial charge in [-0.15, -0.1) is 0 Å². The molecule has 0 aliphatic carbocycles. The molecule has 0 aliphatic heterocycles. The Labute approximate surface area is 95.3 Å². The molecule has 0 aromatic rings. The fraction of sp³-hybridized carbons (Fsp3) is 1.00. The number of hydrogen-bond donors (Lipinski definition) is 0. The molecule has 1 unspecified atom stereocenters. The van der Waals surface area contributed by atoms with Crippen molar-refractivity contribution in [3.8, 4) is 0 Å². The molecule has 0 aromatic carbocycles. The summed E-state index contributed by atoms with van der Waals surface area (Å²) in [6.45, 7) is 12.7. The molecule has 92 valence electrons. The quantitative estimate of drug-likeness (QED) is 0.578. The average molecular weight is 216 g/mol. The van der Waals surface area contributed by atoms with Crippen molar-refractivity contribution in [2.24, 2.45) is 11.3 Å². The predicted molar refractivity (Wildman–Crippen MR) is 65.1 cm³/mol. The summed E-state index contributed by atoms with van der Waals surface area (Å²) in [6.07, 6.45) is 2.51. The number of methoxy groups -OCH3 is 1. The molecule has 0 amide bonds. The van der Waals surface area contributed by atoms with Crippen LogP contribution in [-0.4, -0.2) is 26.4 Å². The van der Waals surface area contributed by atoms with Crippen molar-refractivity contribution in [1.82, 2.24) is 0 Å². The summed E-state index contributed by atoms with van der Waals surface area (Å²) in [5.74, 6) is 0.682. The van der Waals surface area contributed by atoms with Crippen molar-refractivity contribution in [1.29, 1.82) is 0 Å². The lowest BCUT2D eigenvalue weighted by atomic mass is 9.79. The zero-order valence-electron chi connectivity index (χ0n) is 11.3. The largest absolute Gasteiger partial charge is 0.382 e. The van der Waals surface area contributed by atoms with Crippen molar-refractivity contribution >= 4 is 0 Å². The SMILES string of the molecule is CCOCCC(C)(C)C(CC(C)C)OC. The third-order valence-electron chi connectivity index (χ3n) is 2.94. The molecule has 0 spiro atoms. The maximum Gasteiger partial charge on any atom is 0.0625 e. The van der Waals surface area contributed by atoms with Gasteiger partial charge in [0.2, 0.25) is 0 Å². The average Bonchev–Trinajstić information content (AvgIpc) is 2.14. The third kappa shape index (κ3) is 6.16. The van der Waals surface area contributed by atoms with Gasteiger partial charge < -0.3 is 9.47 Å². The van der Waals surface area contributed by atoms with Crippen LogP contribution in [0.25, 0.3) is 0 Å². The summed E-state index contributed by atoms with van der Waals surface area (Å²) in [6, 6.07) is 0. The lowest BCUT2D eigenvalue weighted by Gasteiger charge is -2.34. The zero-order valence-corrected chi connectivity index (χ0v) is 11.3. The Kier molecular flexibility index (Phi) is 7.20. The van der Waals surface area contributed by atoms with Gasteiger partial charge in [-0.25, -0.2) is 0 Å². The smallest absolute Gasteiger partial charge is 0.0625 e. The fourth-order valence-electron chi connectivity index (χ4n) is 1.80. The van der Waals surface area contributed by atoms with Crippen LogP contribution in [0.15, 0.2) is 0 Å². The van der Waals surface area contributed by atoms with Gasteiger partial charge >= 0.3 is 0 Å². The summed E-state index contributed by atoms with van der Waals surface area (Å²) in [7, 11) is 1.81. The van der Waals surface area contributed by atoms with Crippen molar-refractivity contribution in [3.05, 3.63) is 0 Å². The Balaban J connectivity index is 4.11. The van der Waals surface area contributed by atoms with Gasteiger partial charge in [0, 0.05) is 20.3 Å². The second-order valence-electron chi connectivity index (χ2n) is 5.29. The topological polar surface area (TPSA) is 18.5 Å². The number of ether oxygens (including phenoxy) is 2. The highest BCUT2D eigenvalue weighted by Gasteiger charge is 2.29. The molecule has 0 saturated carbocycles. The van der Waals surface area contributed by atoms with Gasteiger partial charge in [-0.3, -0.25) is 0 Å². The van der Waals surface area contributed by atoms with Crippen LogP contribution in [0.5, 0.6) is 0 Å². The summed E-state index contributed by atoms with van der Waals surface area (Å²) in [4.78, 5) is 0. The Morgan fingerprint density at radius 1 is 1.20 bits per heavy atom. The molecule has 0 N–H and O–H groups in total. The molecule has 0 aliphatic rings. The monoisotopic (exact) mass is 216 g/mol. The Hall–Kier alpha value is -0.0800. The van der Waals surface area contributed by atoms with Gasteiger partial charge in [0.15, 0.2) is 0 Å². The van der Waals surface area contributed by atoms with E-state index in [0.717, 1.165) is 26.1 Å². The minimum Gasteiger partial charge on any atom is -0.382 e. The zero-order chi connectivity index (χ0) is 11.9. The van der Waals surface area contributed by atoms with Crippen molar-refractivity contribution in [2.75, 3.05) is 20.3 Å². The molecule has 0 aromatic heterocycles. The molecule has 0 heterocycles. The van der Waals surface area contributed by atoms with E-state index in [4.69, 9.17) is 9.47 Å². The van der Waals surface area contributed by atoms with Crippen LogP contribution in [-0.2, 0) is 9.47 Å². The fourth-order valence-corrected chi connectivity index (χ4v) is 1.80. The Morgan fingerprint density at radius 3 is 2.20 bits per heavy atom. The van der Waals surface area contributed by atoms with Gasteiger partial charge in [-0.2, -0.15) is 0 Å². The lowest BCUT2D eigenvalue weighted by molar-refractivity contribution is -0.0244. The first kappa shape index (κ1) is 14.9. The van der Waals surface area contributed by atoms with E-state index in [0.29, 0.717) is 12.0 Å². The van der Waals surface area contributed by atoms with Crippen LogP contribution in [0, 0.1) is 11.3 Å². The van der Waals surface area contributed by atoms with E-state index in [-0.39, 0.29) is 5.41 Å². The van der Waals surface area contributed by atoms with Crippen molar-refractivity contribution in [3.63, 3.8) is 0 Å². The van der Waals surface area contributed by atoms with Crippen LogP contribution in [0.1, 0.15) is 47.5 Å². The van der Waals surface area contributed by atoms with E-state index >= 15 is 0 Å². The second-order valence-corrected chi connectivity index (χ2v) is 5.29. The standard InChI is InChI=1S/C13H28O2/c1-7-15-9-8-13(4,5)12(14-6)10-11(2)3/h11-12H,7-10H2,1-6H3. The minimum absolute atomic E-state index is 0.203. The van der Waals surface area contributed by atoms with Crippen molar-refractivity contribution < 1.29 is 9.47 Å². The number of hydrogen-bond acceptors (Lipinski definition) is 2. The molecule has 2 heteroatoms. The second kappa shape index (κ2) is 7.24. The minimum atomic E-state index is 0.203. The molecular formula is C13H28O2. The molecule has 15 heavy (non-hydrogen) atoms. The number of rotatable bonds is 8. The molecular weight excluding hydrogens is 188 g/mol. The molecule has 0 rings (SSSR count). The Bertz CT molecular complexity index is 153. The normalized spacial score (nSPS) is 14.6. The lowest BCUT2D eigenvalue weighted by Crippen LogP contribution is -2.33. The summed E-state index contributed by atoms with van der Waals surface area (Å²) in [5, 5.41) is 0. The van der Waals surface area contributed by atoms with Gasteiger partial charge in [-0.1, -0.05) is 27.7 Å². The highest BCUT2D eigenvalue weighted by atomic mass is 16.5. The Morgan fingerprint density at radius 2 is 1.80 bits per heavy atom. The van der Waals surface area contributed by atoms with Gasteiger partial charge in [0.05, 0.1) is 6.10 Å². The van der Waals surface area contributed by atoms with Gasteiger partial charge in [0.25, 0.3) is 0 Å². The van der Waals surface area contributed by atoms with E-state index in [2.05, 4.69) is 27.7 Å². The van der Waals surface area contributed by atoms with Crippen molar-refractivity contribution in [2.45, 2.75) is 53.6 Å². The van der Waals surface area contributed by atoms with Crippen LogP contribution in [0.2, 0.25) is 0 Å². The van der Waals surface area contributed by atoms with Crippen LogP contribution in [0.4, 0.5) is 0 Å². The first-order valence-electron chi connectivity index (χ1n) is 6.04.